The smallest absolute Gasteiger partial charge is 0.253 e. The van der Waals surface area contributed by atoms with Gasteiger partial charge in [0.25, 0.3) is 5.91 Å². The second-order valence-corrected chi connectivity index (χ2v) is 4.89. The second kappa shape index (κ2) is 7.36. The minimum absolute atomic E-state index is 0. The van der Waals surface area contributed by atoms with Crippen molar-refractivity contribution in [3.05, 3.63) is 29.8 Å². The number of carbonyl (C=O) groups excluding carboxylic acids is 1. The number of hydrogen-bond acceptors (Lipinski definition) is 3. The van der Waals surface area contributed by atoms with Gasteiger partial charge in [0.2, 0.25) is 0 Å². The molecule has 0 spiro atoms. The Bertz CT molecular complexity index is 420. The van der Waals surface area contributed by atoms with E-state index in [-0.39, 0.29) is 18.3 Å². The van der Waals surface area contributed by atoms with Gasteiger partial charge in [0.05, 0.1) is 6.61 Å². The summed E-state index contributed by atoms with van der Waals surface area (Å²) in [7, 11) is 1.83. The molecule has 1 aromatic carbocycles. The molecule has 1 amide bonds. The third-order valence-corrected chi connectivity index (χ3v) is 3.27. The van der Waals surface area contributed by atoms with Crippen molar-refractivity contribution in [1.29, 1.82) is 0 Å². The Kier molecular flexibility index (Phi) is 6.12. The van der Waals surface area contributed by atoms with Crippen LogP contribution < -0.4 is 5.73 Å². The van der Waals surface area contributed by atoms with Crippen LogP contribution in [-0.2, 0) is 4.74 Å². The summed E-state index contributed by atoms with van der Waals surface area (Å²) in [6.45, 7) is 2.35. The van der Waals surface area contributed by atoms with Crippen LogP contribution in [-0.4, -0.2) is 37.6 Å². The maximum atomic E-state index is 12.2. The van der Waals surface area contributed by atoms with Crippen molar-refractivity contribution in [3.8, 4) is 0 Å². The number of hydrogen-bond donors (Lipinski definition) is 1. The minimum atomic E-state index is 0. The summed E-state index contributed by atoms with van der Waals surface area (Å²) >= 11 is 0. The quantitative estimate of drug-likeness (QED) is 0.866. The molecular weight excluding hydrogens is 264 g/mol. The molecule has 0 bridgehead atoms. The number of rotatable bonds is 3. The lowest BCUT2D eigenvalue weighted by Gasteiger charge is -2.27. The molecule has 5 heteroatoms. The topological polar surface area (TPSA) is 55.6 Å². The van der Waals surface area contributed by atoms with Crippen LogP contribution in [0, 0.1) is 5.92 Å². The molecule has 106 valence electrons. The molecule has 2 N–H and O–H groups in total. The van der Waals surface area contributed by atoms with Crippen LogP contribution in [0.4, 0.5) is 5.69 Å². The largest absolute Gasteiger partial charge is 0.399 e. The number of ether oxygens (including phenoxy) is 1. The van der Waals surface area contributed by atoms with Gasteiger partial charge < -0.3 is 15.4 Å². The van der Waals surface area contributed by atoms with Crippen LogP contribution >= 0.6 is 12.4 Å². The molecule has 19 heavy (non-hydrogen) atoms. The molecule has 1 aliphatic heterocycles. The number of benzene rings is 1. The van der Waals surface area contributed by atoms with Crippen LogP contribution in [0.25, 0.3) is 0 Å². The Balaban J connectivity index is 0.00000180. The standard InChI is InChI=1S/C14H20N2O2.ClH/c1-16(9-11-4-3-7-18-10-11)14(17)12-5-2-6-13(15)8-12;/h2,5-6,8,11H,3-4,7,9-10,15H2,1H3;1H. The molecule has 0 saturated carbocycles. The highest BCUT2D eigenvalue weighted by Crippen LogP contribution is 2.16. The summed E-state index contributed by atoms with van der Waals surface area (Å²) in [4.78, 5) is 14.0. The summed E-state index contributed by atoms with van der Waals surface area (Å²) < 4.78 is 5.43. The van der Waals surface area contributed by atoms with Gasteiger partial charge in [-0.2, -0.15) is 0 Å². The molecule has 0 radical (unpaired) electrons. The Morgan fingerprint density at radius 3 is 2.95 bits per heavy atom. The van der Waals surface area contributed by atoms with Gasteiger partial charge >= 0.3 is 0 Å². The fourth-order valence-corrected chi connectivity index (χ4v) is 2.31. The number of anilines is 1. The van der Waals surface area contributed by atoms with Crippen LogP contribution in [0.3, 0.4) is 0 Å². The summed E-state index contributed by atoms with van der Waals surface area (Å²) in [6.07, 6.45) is 2.22. The van der Waals surface area contributed by atoms with Gasteiger partial charge in [-0.05, 0) is 37.0 Å². The Morgan fingerprint density at radius 1 is 1.53 bits per heavy atom. The van der Waals surface area contributed by atoms with Gasteiger partial charge in [0, 0.05) is 31.5 Å². The number of carbonyl (C=O) groups is 1. The van der Waals surface area contributed by atoms with Gasteiger partial charge in [-0.15, -0.1) is 12.4 Å². The molecule has 1 unspecified atom stereocenters. The van der Waals surface area contributed by atoms with Gasteiger partial charge in [-0.1, -0.05) is 6.07 Å². The molecular formula is C14H21ClN2O2. The first-order valence-electron chi connectivity index (χ1n) is 6.35. The van der Waals surface area contributed by atoms with Crippen molar-refractivity contribution >= 4 is 24.0 Å². The zero-order valence-corrected chi connectivity index (χ0v) is 12.0. The van der Waals surface area contributed by atoms with E-state index in [1.54, 1.807) is 29.2 Å². The molecule has 0 aliphatic carbocycles. The zero-order valence-electron chi connectivity index (χ0n) is 11.2. The van der Waals surface area contributed by atoms with Gasteiger partial charge in [-0.3, -0.25) is 4.79 Å². The van der Waals surface area contributed by atoms with E-state index in [9.17, 15) is 4.79 Å². The molecule has 1 heterocycles. The zero-order chi connectivity index (χ0) is 13.0. The lowest BCUT2D eigenvalue weighted by Crippen LogP contribution is -2.35. The Hall–Kier alpha value is -1.26. The van der Waals surface area contributed by atoms with E-state index in [0.717, 1.165) is 32.6 Å². The predicted molar refractivity (Wildman–Crippen MR) is 78.6 cm³/mol. The van der Waals surface area contributed by atoms with E-state index in [2.05, 4.69) is 0 Å². The van der Waals surface area contributed by atoms with E-state index in [4.69, 9.17) is 10.5 Å². The van der Waals surface area contributed by atoms with Crippen LogP contribution in [0.15, 0.2) is 24.3 Å². The average molecular weight is 285 g/mol. The molecule has 1 aliphatic rings. The summed E-state index contributed by atoms with van der Waals surface area (Å²) in [5, 5.41) is 0. The van der Waals surface area contributed by atoms with Crippen LogP contribution in [0.1, 0.15) is 23.2 Å². The Morgan fingerprint density at radius 2 is 2.32 bits per heavy atom. The predicted octanol–water partition coefficient (Wildman–Crippen LogP) is 2.19. The van der Waals surface area contributed by atoms with Crippen molar-refractivity contribution in [1.82, 2.24) is 4.90 Å². The third-order valence-electron chi connectivity index (χ3n) is 3.27. The Labute approximate surface area is 120 Å². The van der Waals surface area contributed by atoms with Crippen molar-refractivity contribution in [2.45, 2.75) is 12.8 Å². The highest BCUT2D eigenvalue weighted by molar-refractivity contribution is 5.94. The second-order valence-electron chi connectivity index (χ2n) is 4.89. The van der Waals surface area contributed by atoms with Gasteiger partial charge in [0.1, 0.15) is 0 Å². The molecule has 4 nitrogen and oxygen atoms in total. The first-order chi connectivity index (χ1) is 8.66. The number of nitrogen functional groups attached to an aromatic ring is 1. The third kappa shape index (κ3) is 4.40. The highest BCUT2D eigenvalue weighted by atomic mass is 35.5. The fourth-order valence-electron chi connectivity index (χ4n) is 2.31. The molecule has 1 fully saturated rings. The van der Waals surface area contributed by atoms with Crippen molar-refractivity contribution in [2.24, 2.45) is 5.92 Å². The number of nitrogens with zero attached hydrogens (tertiary/aromatic N) is 1. The average Bonchev–Trinajstić information content (AvgIpc) is 2.39. The van der Waals surface area contributed by atoms with Gasteiger partial charge in [-0.25, -0.2) is 0 Å². The first kappa shape index (κ1) is 15.8. The van der Waals surface area contributed by atoms with E-state index in [1.807, 2.05) is 7.05 Å². The lowest BCUT2D eigenvalue weighted by atomic mass is 10.0. The number of amides is 1. The SMILES string of the molecule is CN(CC1CCCOC1)C(=O)c1cccc(N)c1.Cl. The maximum absolute atomic E-state index is 12.2. The van der Waals surface area contributed by atoms with E-state index >= 15 is 0 Å². The molecule has 2 rings (SSSR count). The monoisotopic (exact) mass is 284 g/mol. The van der Waals surface area contributed by atoms with Crippen molar-refractivity contribution < 1.29 is 9.53 Å². The fraction of sp³-hybridized carbons (Fsp3) is 0.500. The van der Waals surface area contributed by atoms with E-state index < -0.39 is 0 Å². The van der Waals surface area contributed by atoms with E-state index in [1.165, 1.54) is 0 Å². The number of nitrogens with two attached hydrogens (primary N) is 1. The van der Waals surface area contributed by atoms with Gasteiger partial charge in [0.15, 0.2) is 0 Å². The lowest BCUT2D eigenvalue weighted by molar-refractivity contribution is 0.0388. The normalized spacial score (nSPS) is 18.5. The highest BCUT2D eigenvalue weighted by Gasteiger charge is 2.19. The summed E-state index contributed by atoms with van der Waals surface area (Å²) in [5.74, 6) is 0.474. The number of halogens is 1. The molecule has 1 atom stereocenters. The first-order valence-corrected chi connectivity index (χ1v) is 6.35. The van der Waals surface area contributed by atoms with Crippen molar-refractivity contribution in [3.63, 3.8) is 0 Å². The van der Waals surface area contributed by atoms with Crippen molar-refractivity contribution in [2.75, 3.05) is 32.5 Å². The molecule has 1 saturated heterocycles. The minimum Gasteiger partial charge on any atom is -0.399 e. The van der Waals surface area contributed by atoms with Crippen LogP contribution in [0.2, 0.25) is 0 Å². The maximum Gasteiger partial charge on any atom is 0.253 e. The van der Waals surface area contributed by atoms with Crippen LogP contribution in [0.5, 0.6) is 0 Å². The molecule has 1 aromatic rings. The summed E-state index contributed by atoms with van der Waals surface area (Å²) in [5.41, 5.74) is 6.96. The van der Waals surface area contributed by atoms with E-state index in [0.29, 0.717) is 17.2 Å². The molecule has 0 aromatic heterocycles. The summed E-state index contributed by atoms with van der Waals surface area (Å²) in [6, 6.07) is 7.11.